The Balaban J connectivity index is 2.63. The zero-order valence-corrected chi connectivity index (χ0v) is 10.2. The third-order valence-electron chi connectivity index (χ3n) is 2.19. The number of hydrogen-bond acceptors (Lipinski definition) is 3. The van der Waals surface area contributed by atoms with E-state index >= 15 is 0 Å². The molecule has 16 heavy (non-hydrogen) atoms. The van der Waals surface area contributed by atoms with Crippen molar-refractivity contribution in [1.82, 2.24) is 0 Å². The average molecular weight is 241 g/mol. The third kappa shape index (κ3) is 4.11. The van der Waals surface area contributed by atoms with E-state index in [1.807, 2.05) is 6.07 Å². The van der Waals surface area contributed by atoms with Gasteiger partial charge in [-0.25, -0.2) is 0 Å². The summed E-state index contributed by atoms with van der Waals surface area (Å²) in [4.78, 5) is 0. The van der Waals surface area contributed by atoms with Gasteiger partial charge in [-0.15, -0.1) is 0 Å². The largest absolute Gasteiger partial charge is 0.493 e. The Morgan fingerprint density at radius 2 is 2.25 bits per heavy atom. The van der Waals surface area contributed by atoms with Gasteiger partial charge >= 0.3 is 0 Å². The Labute approximate surface area is 101 Å². The fourth-order valence-corrected chi connectivity index (χ4v) is 1.55. The first-order valence-electron chi connectivity index (χ1n) is 5.43. The van der Waals surface area contributed by atoms with Gasteiger partial charge in [-0.3, -0.25) is 0 Å². The second kappa shape index (κ2) is 7.12. The van der Waals surface area contributed by atoms with Crippen LogP contribution in [0.2, 0.25) is 5.02 Å². The Morgan fingerprint density at radius 3 is 2.94 bits per heavy atom. The highest BCUT2D eigenvalue weighted by Gasteiger charge is 2.02. The van der Waals surface area contributed by atoms with Crippen LogP contribution in [0.15, 0.2) is 23.3 Å². The van der Waals surface area contributed by atoms with Crippen LogP contribution in [0, 0.1) is 0 Å². The van der Waals surface area contributed by atoms with Crippen LogP contribution in [0.5, 0.6) is 5.75 Å². The SMILES string of the molecule is CCCCCOc1ccc(Cl)cc1C=NN. The van der Waals surface area contributed by atoms with Crippen LogP contribution in [0.3, 0.4) is 0 Å². The van der Waals surface area contributed by atoms with E-state index in [2.05, 4.69) is 12.0 Å². The number of hydrogen-bond donors (Lipinski definition) is 1. The van der Waals surface area contributed by atoms with Crippen molar-refractivity contribution >= 4 is 17.8 Å². The number of hydrazone groups is 1. The fourth-order valence-electron chi connectivity index (χ4n) is 1.37. The van der Waals surface area contributed by atoms with Crippen LogP contribution in [-0.2, 0) is 0 Å². The van der Waals surface area contributed by atoms with E-state index in [0.29, 0.717) is 11.6 Å². The molecule has 0 aliphatic rings. The van der Waals surface area contributed by atoms with Gasteiger partial charge in [0.2, 0.25) is 0 Å². The summed E-state index contributed by atoms with van der Waals surface area (Å²) < 4.78 is 5.64. The summed E-state index contributed by atoms with van der Waals surface area (Å²) in [7, 11) is 0. The first-order valence-corrected chi connectivity index (χ1v) is 5.81. The number of unbranched alkanes of at least 4 members (excludes halogenated alkanes) is 2. The van der Waals surface area contributed by atoms with Gasteiger partial charge in [0.25, 0.3) is 0 Å². The highest BCUT2D eigenvalue weighted by molar-refractivity contribution is 6.30. The van der Waals surface area contributed by atoms with Crippen LogP contribution in [0.1, 0.15) is 31.7 Å². The molecule has 88 valence electrons. The zero-order chi connectivity index (χ0) is 11.8. The van der Waals surface area contributed by atoms with Crippen molar-refractivity contribution in [3.05, 3.63) is 28.8 Å². The molecule has 2 N–H and O–H groups in total. The number of nitrogens with zero attached hydrogens (tertiary/aromatic N) is 1. The lowest BCUT2D eigenvalue weighted by Gasteiger charge is -2.08. The number of benzene rings is 1. The molecule has 0 bridgehead atoms. The minimum absolute atomic E-state index is 0.649. The summed E-state index contributed by atoms with van der Waals surface area (Å²) in [5.74, 6) is 5.90. The van der Waals surface area contributed by atoms with Crippen molar-refractivity contribution in [2.24, 2.45) is 10.9 Å². The topological polar surface area (TPSA) is 47.6 Å². The van der Waals surface area contributed by atoms with Gasteiger partial charge in [0.1, 0.15) is 5.75 Å². The van der Waals surface area contributed by atoms with Gasteiger partial charge in [0, 0.05) is 10.6 Å². The van der Waals surface area contributed by atoms with Crippen LogP contribution in [-0.4, -0.2) is 12.8 Å². The van der Waals surface area contributed by atoms with Gasteiger partial charge < -0.3 is 10.6 Å². The van der Waals surface area contributed by atoms with Gasteiger partial charge in [0.05, 0.1) is 12.8 Å². The van der Waals surface area contributed by atoms with Crippen LogP contribution in [0.25, 0.3) is 0 Å². The molecule has 0 aliphatic carbocycles. The second-order valence-electron chi connectivity index (χ2n) is 3.52. The monoisotopic (exact) mass is 240 g/mol. The maximum atomic E-state index is 5.88. The Morgan fingerprint density at radius 1 is 1.44 bits per heavy atom. The molecule has 0 heterocycles. The molecule has 1 rings (SSSR count). The maximum absolute atomic E-state index is 5.88. The van der Waals surface area contributed by atoms with Crippen molar-refractivity contribution in [2.45, 2.75) is 26.2 Å². The van der Waals surface area contributed by atoms with Crippen molar-refractivity contribution in [1.29, 1.82) is 0 Å². The maximum Gasteiger partial charge on any atom is 0.128 e. The smallest absolute Gasteiger partial charge is 0.128 e. The minimum atomic E-state index is 0.649. The molecular weight excluding hydrogens is 224 g/mol. The molecule has 3 nitrogen and oxygen atoms in total. The van der Waals surface area contributed by atoms with E-state index in [1.54, 1.807) is 18.3 Å². The van der Waals surface area contributed by atoms with Crippen molar-refractivity contribution in [3.63, 3.8) is 0 Å². The van der Waals surface area contributed by atoms with Crippen molar-refractivity contribution < 1.29 is 4.74 Å². The quantitative estimate of drug-likeness (QED) is 0.359. The number of halogens is 1. The van der Waals surface area contributed by atoms with E-state index in [1.165, 1.54) is 12.8 Å². The lowest BCUT2D eigenvalue weighted by molar-refractivity contribution is 0.306. The Bertz CT molecular complexity index is 353. The molecule has 1 aromatic rings. The predicted molar refractivity (Wildman–Crippen MR) is 68.3 cm³/mol. The first kappa shape index (κ1) is 12.8. The van der Waals surface area contributed by atoms with Gasteiger partial charge in [-0.2, -0.15) is 5.10 Å². The molecule has 0 unspecified atom stereocenters. The molecule has 4 heteroatoms. The molecule has 0 amide bonds. The standard InChI is InChI=1S/C12H17ClN2O/c1-2-3-4-7-16-12-6-5-11(13)8-10(12)9-15-14/h5-6,8-9H,2-4,7,14H2,1H3. The predicted octanol–water partition coefficient (Wildman–Crippen LogP) is 3.20. The highest BCUT2D eigenvalue weighted by atomic mass is 35.5. The van der Waals surface area contributed by atoms with Crippen LogP contribution >= 0.6 is 11.6 Å². The molecular formula is C12H17ClN2O. The van der Waals surface area contributed by atoms with Crippen molar-refractivity contribution in [2.75, 3.05) is 6.61 Å². The lowest BCUT2D eigenvalue weighted by atomic mass is 10.2. The number of nitrogens with two attached hydrogens (primary N) is 1. The lowest BCUT2D eigenvalue weighted by Crippen LogP contribution is -2.00. The Kier molecular flexibility index (Phi) is 5.72. The summed E-state index contributed by atoms with van der Waals surface area (Å²) in [5, 5.41) is 4.14. The van der Waals surface area contributed by atoms with E-state index in [9.17, 15) is 0 Å². The summed E-state index contributed by atoms with van der Waals surface area (Å²) >= 11 is 5.88. The molecule has 0 aliphatic heterocycles. The van der Waals surface area contributed by atoms with Crippen LogP contribution in [0.4, 0.5) is 0 Å². The molecule has 0 atom stereocenters. The molecule has 0 saturated carbocycles. The van der Waals surface area contributed by atoms with E-state index in [-0.39, 0.29) is 0 Å². The van der Waals surface area contributed by atoms with Gasteiger partial charge in [-0.1, -0.05) is 31.4 Å². The molecule has 0 saturated heterocycles. The first-order chi connectivity index (χ1) is 7.77. The molecule has 0 fully saturated rings. The summed E-state index contributed by atoms with van der Waals surface area (Å²) in [5.41, 5.74) is 0.812. The van der Waals surface area contributed by atoms with E-state index in [0.717, 1.165) is 17.7 Å². The normalized spacial score (nSPS) is 10.9. The molecule has 0 aromatic heterocycles. The van der Waals surface area contributed by atoms with Crippen molar-refractivity contribution in [3.8, 4) is 5.75 Å². The third-order valence-corrected chi connectivity index (χ3v) is 2.43. The zero-order valence-electron chi connectivity index (χ0n) is 9.45. The molecule has 1 aromatic carbocycles. The molecule has 0 radical (unpaired) electrons. The van der Waals surface area contributed by atoms with E-state index in [4.69, 9.17) is 22.2 Å². The fraction of sp³-hybridized carbons (Fsp3) is 0.417. The number of ether oxygens (including phenoxy) is 1. The second-order valence-corrected chi connectivity index (χ2v) is 3.95. The van der Waals surface area contributed by atoms with Gasteiger partial charge in [-0.05, 0) is 24.6 Å². The number of rotatable bonds is 6. The summed E-state index contributed by atoms with van der Waals surface area (Å²) in [6, 6.07) is 5.42. The average Bonchev–Trinajstić information content (AvgIpc) is 2.27. The summed E-state index contributed by atoms with van der Waals surface area (Å²) in [6.07, 6.45) is 4.95. The van der Waals surface area contributed by atoms with Crippen LogP contribution < -0.4 is 10.6 Å². The molecule has 0 spiro atoms. The Hall–Kier alpha value is -1.22. The minimum Gasteiger partial charge on any atom is -0.493 e. The van der Waals surface area contributed by atoms with Gasteiger partial charge in [0.15, 0.2) is 0 Å². The highest BCUT2D eigenvalue weighted by Crippen LogP contribution is 2.21. The summed E-state index contributed by atoms with van der Waals surface area (Å²) in [6.45, 7) is 2.87. The van der Waals surface area contributed by atoms with E-state index < -0.39 is 0 Å².